The maximum absolute atomic E-state index is 10.7. The first-order valence-electron chi connectivity index (χ1n) is 6.56. The fraction of sp³-hybridized carbons (Fsp3) is 0.235. The van der Waals surface area contributed by atoms with Gasteiger partial charge in [0.1, 0.15) is 6.10 Å². The number of aliphatic hydroxyl groups is 1. The third kappa shape index (κ3) is 2.99. The lowest BCUT2D eigenvalue weighted by molar-refractivity contribution is 0.212. The molecule has 1 unspecified atom stereocenters. The zero-order valence-corrected chi connectivity index (χ0v) is 12.0. The van der Waals surface area contributed by atoms with Crippen LogP contribution in [0, 0.1) is 11.3 Å². The minimum atomic E-state index is -0.875. The molecule has 0 aliphatic heterocycles. The molecule has 0 saturated carbocycles. The normalized spacial score (nSPS) is 11.5. The minimum absolute atomic E-state index is 0.194. The van der Waals surface area contributed by atoms with Crippen LogP contribution in [-0.4, -0.2) is 19.3 Å². The molecule has 2 aromatic carbocycles. The zero-order chi connectivity index (χ0) is 15.2. The van der Waals surface area contributed by atoms with E-state index >= 15 is 0 Å². The van der Waals surface area contributed by atoms with E-state index in [2.05, 4.69) is 6.07 Å². The molecule has 0 radical (unpaired) electrons. The van der Waals surface area contributed by atoms with Crippen LogP contribution in [0.2, 0.25) is 0 Å². The summed E-state index contributed by atoms with van der Waals surface area (Å²) < 4.78 is 10.7. The molecule has 0 aromatic heterocycles. The molecule has 1 atom stereocenters. The summed E-state index contributed by atoms with van der Waals surface area (Å²) in [5, 5.41) is 19.7. The fourth-order valence-corrected chi connectivity index (χ4v) is 2.33. The van der Waals surface area contributed by atoms with Gasteiger partial charge < -0.3 is 14.6 Å². The van der Waals surface area contributed by atoms with Crippen molar-refractivity contribution in [2.75, 3.05) is 14.2 Å². The van der Waals surface area contributed by atoms with Crippen LogP contribution in [0.5, 0.6) is 11.5 Å². The number of nitriles is 1. The van der Waals surface area contributed by atoms with E-state index in [0.29, 0.717) is 17.1 Å². The molecular weight excluding hydrogens is 266 g/mol. The van der Waals surface area contributed by atoms with Gasteiger partial charge in [0.25, 0.3) is 0 Å². The number of hydrogen-bond donors (Lipinski definition) is 1. The van der Waals surface area contributed by atoms with E-state index in [4.69, 9.17) is 14.7 Å². The Morgan fingerprint density at radius 3 is 2.38 bits per heavy atom. The molecule has 0 amide bonds. The molecule has 1 N–H and O–H groups in total. The van der Waals surface area contributed by atoms with Crippen molar-refractivity contribution in [2.24, 2.45) is 0 Å². The van der Waals surface area contributed by atoms with E-state index in [9.17, 15) is 5.11 Å². The average molecular weight is 283 g/mol. The summed E-state index contributed by atoms with van der Waals surface area (Å²) in [6, 6.07) is 14.9. The van der Waals surface area contributed by atoms with Gasteiger partial charge in [0.2, 0.25) is 0 Å². The maximum atomic E-state index is 10.7. The summed E-state index contributed by atoms with van der Waals surface area (Å²) in [5.74, 6) is 0.991. The smallest absolute Gasteiger partial charge is 0.167 e. The van der Waals surface area contributed by atoms with Crippen molar-refractivity contribution in [1.29, 1.82) is 5.26 Å². The van der Waals surface area contributed by atoms with E-state index in [-0.39, 0.29) is 6.42 Å². The highest BCUT2D eigenvalue weighted by Crippen LogP contribution is 2.39. The van der Waals surface area contributed by atoms with Crippen molar-refractivity contribution >= 4 is 0 Å². The summed E-state index contributed by atoms with van der Waals surface area (Å²) in [7, 11) is 3.07. The van der Waals surface area contributed by atoms with Gasteiger partial charge in [-0.25, -0.2) is 0 Å². The molecule has 0 aliphatic rings. The molecule has 21 heavy (non-hydrogen) atoms. The Morgan fingerprint density at radius 1 is 1.10 bits per heavy atom. The second-order valence-corrected chi connectivity index (χ2v) is 4.52. The van der Waals surface area contributed by atoms with Crippen LogP contribution in [0.4, 0.5) is 0 Å². The van der Waals surface area contributed by atoms with E-state index in [1.165, 1.54) is 7.11 Å². The summed E-state index contributed by atoms with van der Waals surface area (Å²) in [6.07, 6.45) is -0.681. The number of nitrogens with zero attached hydrogens (tertiary/aromatic N) is 1. The van der Waals surface area contributed by atoms with Crippen LogP contribution in [-0.2, 0) is 6.42 Å². The largest absolute Gasteiger partial charge is 0.493 e. The van der Waals surface area contributed by atoms with E-state index in [1.807, 2.05) is 30.3 Å². The van der Waals surface area contributed by atoms with E-state index in [1.54, 1.807) is 19.2 Å². The van der Waals surface area contributed by atoms with Gasteiger partial charge >= 0.3 is 0 Å². The lowest BCUT2D eigenvalue weighted by atomic mass is 9.94. The molecule has 2 rings (SSSR count). The van der Waals surface area contributed by atoms with Crippen molar-refractivity contribution in [3.63, 3.8) is 0 Å². The van der Waals surface area contributed by atoms with Gasteiger partial charge in [-0.3, -0.25) is 0 Å². The van der Waals surface area contributed by atoms with Gasteiger partial charge in [0.15, 0.2) is 11.5 Å². The molecule has 0 bridgehead atoms. The lowest BCUT2D eigenvalue weighted by Gasteiger charge is -2.20. The number of ether oxygens (including phenoxy) is 2. The van der Waals surface area contributed by atoms with Crippen LogP contribution < -0.4 is 9.47 Å². The molecule has 2 aromatic rings. The van der Waals surface area contributed by atoms with Gasteiger partial charge in [0.05, 0.1) is 26.7 Å². The second kappa shape index (κ2) is 6.78. The van der Waals surface area contributed by atoms with Gasteiger partial charge in [-0.2, -0.15) is 5.26 Å². The van der Waals surface area contributed by atoms with Crippen LogP contribution in [0.3, 0.4) is 0 Å². The van der Waals surface area contributed by atoms with Crippen LogP contribution in [0.15, 0.2) is 42.5 Å². The number of aliphatic hydroxyl groups excluding tert-OH is 1. The molecule has 0 aliphatic carbocycles. The van der Waals surface area contributed by atoms with Gasteiger partial charge in [-0.1, -0.05) is 36.4 Å². The van der Waals surface area contributed by atoms with Crippen molar-refractivity contribution < 1.29 is 14.6 Å². The van der Waals surface area contributed by atoms with Gasteiger partial charge in [-0.05, 0) is 17.2 Å². The molecule has 4 heteroatoms. The molecule has 0 spiro atoms. The highest BCUT2D eigenvalue weighted by atomic mass is 16.5. The predicted octanol–water partition coefficient (Wildman–Crippen LogP) is 2.85. The van der Waals surface area contributed by atoms with Crippen LogP contribution >= 0.6 is 0 Å². The highest BCUT2D eigenvalue weighted by Gasteiger charge is 2.22. The van der Waals surface area contributed by atoms with E-state index in [0.717, 1.165) is 11.1 Å². The Bertz CT molecular complexity index is 647. The molecule has 0 saturated heterocycles. The predicted molar refractivity (Wildman–Crippen MR) is 79.4 cm³/mol. The van der Waals surface area contributed by atoms with Gasteiger partial charge in [-0.15, -0.1) is 0 Å². The minimum Gasteiger partial charge on any atom is -0.493 e. The van der Waals surface area contributed by atoms with E-state index < -0.39 is 6.10 Å². The van der Waals surface area contributed by atoms with Crippen LogP contribution in [0.1, 0.15) is 22.8 Å². The second-order valence-electron chi connectivity index (χ2n) is 4.52. The SMILES string of the molecule is COc1ccc(CC#N)c(C(O)c2ccccc2)c1OC. The van der Waals surface area contributed by atoms with Crippen LogP contribution in [0.25, 0.3) is 0 Å². The summed E-state index contributed by atoms with van der Waals surface area (Å²) in [5.41, 5.74) is 2.04. The summed E-state index contributed by atoms with van der Waals surface area (Å²) in [6.45, 7) is 0. The number of hydrogen-bond acceptors (Lipinski definition) is 4. The third-order valence-corrected chi connectivity index (χ3v) is 3.33. The molecule has 0 heterocycles. The quantitative estimate of drug-likeness (QED) is 0.916. The zero-order valence-electron chi connectivity index (χ0n) is 12.0. The Labute approximate surface area is 124 Å². The Hall–Kier alpha value is -2.51. The third-order valence-electron chi connectivity index (χ3n) is 3.33. The molecule has 0 fully saturated rings. The molecular formula is C17H17NO3. The van der Waals surface area contributed by atoms with Crippen molar-refractivity contribution in [3.05, 3.63) is 59.2 Å². The Balaban J connectivity index is 2.61. The number of benzene rings is 2. The number of rotatable bonds is 5. The number of methoxy groups -OCH3 is 2. The topological polar surface area (TPSA) is 62.5 Å². The first kappa shape index (κ1) is 14.9. The van der Waals surface area contributed by atoms with Gasteiger partial charge in [0, 0.05) is 5.56 Å². The molecule has 4 nitrogen and oxygen atoms in total. The summed E-state index contributed by atoms with van der Waals surface area (Å²) in [4.78, 5) is 0. The van der Waals surface area contributed by atoms with Crippen molar-refractivity contribution in [1.82, 2.24) is 0 Å². The maximum Gasteiger partial charge on any atom is 0.167 e. The molecule has 108 valence electrons. The fourth-order valence-electron chi connectivity index (χ4n) is 2.33. The standard InChI is InChI=1S/C17H17NO3/c1-20-14-9-8-12(10-11-18)15(17(14)21-2)16(19)13-6-4-3-5-7-13/h3-9,16,19H,10H2,1-2H3. The highest BCUT2D eigenvalue weighted by molar-refractivity contribution is 5.54. The Morgan fingerprint density at radius 2 is 1.81 bits per heavy atom. The lowest BCUT2D eigenvalue weighted by Crippen LogP contribution is -2.07. The Kier molecular flexibility index (Phi) is 4.81. The van der Waals surface area contributed by atoms with Crippen molar-refractivity contribution in [2.45, 2.75) is 12.5 Å². The first-order chi connectivity index (χ1) is 10.2. The first-order valence-corrected chi connectivity index (χ1v) is 6.56. The monoisotopic (exact) mass is 283 g/mol. The summed E-state index contributed by atoms with van der Waals surface area (Å²) >= 11 is 0. The average Bonchev–Trinajstić information content (AvgIpc) is 2.54. The van der Waals surface area contributed by atoms with Crippen molar-refractivity contribution in [3.8, 4) is 17.6 Å².